The third-order valence-electron chi connectivity index (χ3n) is 3.54. The van der Waals surface area contributed by atoms with E-state index in [4.69, 9.17) is 0 Å². The van der Waals surface area contributed by atoms with Gasteiger partial charge in [-0.1, -0.05) is 0 Å². The minimum Gasteiger partial charge on any atom is -0.310 e. The molecule has 0 aliphatic rings. The van der Waals surface area contributed by atoms with E-state index in [1.807, 2.05) is 6.92 Å². The van der Waals surface area contributed by atoms with Crippen LogP contribution in [0.25, 0.3) is 0 Å². The Morgan fingerprint density at radius 1 is 1.35 bits per heavy atom. The molecule has 0 spiro atoms. The van der Waals surface area contributed by atoms with Crippen molar-refractivity contribution in [3.63, 3.8) is 0 Å². The van der Waals surface area contributed by atoms with Gasteiger partial charge in [-0.15, -0.1) is 0 Å². The molecule has 1 atom stereocenters. The summed E-state index contributed by atoms with van der Waals surface area (Å²) in [7, 11) is -3.17. The lowest BCUT2D eigenvalue weighted by Gasteiger charge is -2.25. The fraction of sp³-hybridized carbons (Fsp3) is 0.692. The van der Waals surface area contributed by atoms with Gasteiger partial charge in [0.15, 0.2) is 9.84 Å². The van der Waals surface area contributed by atoms with Crippen molar-refractivity contribution in [2.45, 2.75) is 45.4 Å². The van der Waals surface area contributed by atoms with E-state index >= 15 is 0 Å². The van der Waals surface area contributed by atoms with E-state index in [1.54, 1.807) is 27.7 Å². The van der Waals surface area contributed by atoms with E-state index in [1.165, 1.54) is 6.26 Å². The molecule has 1 unspecified atom stereocenters. The Labute approximate surface area is 119 Å². The average molecular weight is 301 g/mol. The van der Waals surface area contributed by atoms with Crippen LogP contribution in [-0.4, -0.2) is 35.9 Å². The fourth-order valence-electron chi connectivity index (χ4n) is 1.88. The van der Waals surface area contributed by atoms with E-state index in [9.17, 15) is 13.2 Å². The topological polar surface area (TPSA) is 91.9 Å². The summed E-state index contributed by atoms with van der Waals surface area (Å²) in [6.07, 6.45) is 1.21. The van der Waals surface area contributed by atoms with Crippen LogP contribution in [0.4, 0.5) is 0 Å². The summed E-state index contributed by atoms with van der Waals surface area (Å²) in [5.74, 6) is 0.569. The standard InChI is InChI=1S/C13H23N3O3S/c1-8(14-7-13(4,5)20(6,18)19)11-9(2)15-10(3)16-12(11)17/h8,14H,7H2,1-6H3,(H,15,16,17). The molecule has 0 saturated carbocycles. The Hall–Kier alpha value is -1.21. The van der Waals surface area contributed by atoms with Gasteiger partial charge in [-0.3, -0.25) is 4.79 Å². The van der Waals surface area contributed by atoms with E-state index in [2.05, 4.69) is 15.3 Å². The van der Waals surface area contributed by atoms with Crippen LogP contribution in [0, 0.1) is 13.8 Å². The van der Waals surface area contributed by atoms with Crippen LogP contribution in [0.5, 0.6) is 0 Å². The fourth-order valence-corrected chi connectivity index (χ4v) is 2.22. The molecule has 20 heavy (non-hydrogen) atoms. The van der Waals surface area contributed by atoms with Crippen molar-refractivity contribution in [3.8, 4) is 0 Å². The van der Waals surface area contributed by atoms with E-state index in [0.29, 0.717) is 17.1 Å². The quantitative estimate of drug-likeness (QED) is 0.841. The molecule has 2 N–H and O–H groups in total. The second-order valence-electron chi connectivity index (χ2n) is 5.78. The Morgan fingerprint density at radius 3 is 2.35 bits per heavy atom. The third-order valence-corrected chi connectivity index (χ3v) is 5.69. The molecule has 1 heterocycles. The number of hydrogen-bond acceptors (Lipinski definition) is 5. The molecule has 6 nitrogen and oxygen atoms in total. The smallest absolute Gasteiger partial charge is 0.255 e. The minimum absolute atomic E-state index is 0.188. The van der Waals surface area contributed by atoms with Gasteiger partial charge in [-0.05, 0) is 34.6 Å². The zero-order chi connectivity index (χ0) is 15.7. The molecule has 0 aliphatic heterocycles. The lowest BCUT2D eigenvalue weighted by Crippen LogP contribution is -2.43. The van der Waals surface area contributed by atoms with Crippen molar-refractivity contribution in [3.05, 3.63) is 27.4 Å². The zero-order valence-corrected chi connectivity index (χ0v) is 13.7. The summed E-state index contributed by atoms with van der Waals surface area (Å²) in [6.45, 7) is 8.91. The van der Waals surface area contributed by atoms with Gasteiger partial charge in [-0.25, -0.2) is 13.4 Å². The van der Waals surface area contributed by atoms with Crippen molar-refractivity contribution >= 4 is 9.84 Å². The molecule has 0 bridgehead atoms. The van der Waals surface area contributed by atoms with Crippen LogP contribution >= 0.6 is 0 Å². The van der Waals surface area contributed by atoms with Crippen LogP contribution < -0.4 is 10.9 Å². The first-order valence-electron chi connectivity index (χ1n) is 6.46. The third kappa shape index (κ3) is 3.67. The van der Waals surface area contributed by atoms with Gasteiger partial charge in [0.25, 0.3) is 5.56 Å². The SMILES string of the molecule is Cc1nc(C)c(C(C)NCC(C)(C)S(C)(=O)=O)c(=O)[nH]1. The Kier molecular flexibility index (Phi) is 4.76. The first kappa shape index (κ1) is 16.8. The van der Waals surface area contributed by atoms with Gasteiger partial charge in [0.2, 0.25) is 0 Å². The summed E-state index contributed by atoms with van der Waals surface area (Å²) >= 11 is 0. The van der Waals surface area contributed by atoms with Crippen molar-refractivity contribution in [1.29, 1.82) is 0 Å². The van der Waals surface area contributed by atoms with Crippen molar-refractivity contribution in [2.24, 2.45) is 0 Å². The lowest BCUT2D eigenvalue weighted by atomic mass is 10.1. The van der Waals surface area contributed by atoms with Crippen molar-refractivity contribution < 1.29 is 8.42 Å². The number of H-pyrrole nitrogens is 1. The van der Waals surface area contributed by atoms with Gasteiger partial charge in [0, 0.05) is 24.5 Å². The van der Waals surface area contributed by atoms with E-state index < -0.39 is 14.6 Å². The molecule has 1 aromatic rings. The Morgan fingerprint density at radius 2 is 1.90 bits per heavy atom. The highest BCUT2D eigenvalue weighted by atomic mass is 32.2. The van der Waals surface area contributed by atoms with Crippen molar-refractivity contribution in [2.75, 3.05) is 12.8 Å². The maximum atomic E-state index is 12.0. The van der Waals surface area contributed by atoms with Crippen molar-refractivity contribution in [1.82, 2.24) is 15.3 Å². The Balaban J connectivity index is 2.94. The van der Waals surface area contributed by atoms with Gasteiger partial charge in [0.1, 0.15) is 5.82 Å². The maximum Gasteiger partial charge on any atom is 0.255 e. The van der Waals surface area contributed by atoms with Crippen LogP contribution in [0.1, 0.15) is 43.9 Å². The molecule has 0 saturated heterocycles. The highest BCUT2D eigenvalue weighted by Crippen LogP contribution is 2.17. The molecule has 0 aromatic carbocycles. The number of hydrogen-bond donors (Lipinski definition) is 2. The predicted molar refractivity (Wildman–Crippen MR) is 79.7 cm³/mol. The Bertz CT molecular complexity index is 647. The highest BCUT2D eigenvalue weighted by Gasteiger charge is 2.30. The van der Waals surface area contributed by atoms with Crippen LogP contribution in [0.3, 0.4) is 0 Å². The molecular weight excluding hydrogens is 278 g/mol. The maximum absolute atomic E-state index is 12.0. The summed E-state index contributed by atoms with van der Waals surface area (Å²) in [4.78, 5) is 18.9. The number of aromatic nitrogens is 2. The molecule has 0 aliphatic carbocycles. The van der Waals surface area contributed by atoms with Gasteiger partial charge in [-0.2, -0.15) is 0 Å². The summed E-state index contributed by atoms with van der Waals surface area (Å²) in [6, 6.07) is -0.270. The molecule has 0 amide bonds. The molecule has 1 aromatic heterocycles. The average Bonchev–Trinajstić information content (AvgIpc) is 2.23. The second-order valence-corrected chi connectivity index (χ2v) is 8.43. The molecule has 7 heteroatoms. The number of aromatic amines is 1. The van der Waals surface area contributed by atoms with E-state index in [0.717, 1.165) is 0 Å². The normalized spacial score (nSPS) is 14.3. The first-order chi connectivity index (χ1) is 8.95. The number of aryl methyl sites for hydroxylation is 2. The van der Waals surface area contributed by atoms with E-state index in [-0.39, 0.29) is 18.1 Å². The predicted octanol–water partition coefficient (Wildman–Crippen LogP) is 0.861. The summed E-state index contributed by atoms with van der Waals surface area (Å²) < 4.78 is 22.4. The van der Waals surface area contributed by atoms with Gasteiger partial charge >= 0.3 is 0 Å². The zero-order valence-electron chi connectivity index (χ0n) is 12.9. The highest BCUT2D eigenvalue weighted by molar-refractivity contribution is 7.92. The first-order valence-corrected chi connectivity index (χ1v) is 8.35. The molecule has 114 valence electrons. The second kappa shape index (κ2) is 5.65. The number of nitrogens with one attached hydrogen (secondary N) is 2. The van der Waals surface area contributed by atoms with Crippen LogP contribution in [0.15, 0.2) is 4.79 Å². The van der Waals surface area contributed by atoms with Gasteiger partial charge < -0.3 is 10.3 Å². The van der Waals surface area contributed by atoms with Crippen LogP contribution in [-0.2, 0) is 9.84 Å². The van der Waals surface area contributed by atoms with Gasteiger partial charge in [0.05, 0.1) is 10.3 Å². The molecule has 0 fully saturated rings. The minimum atomic E-state index is -3.17. The summed E-state index contributed by atoms with van der Waals surface area (Å²) in [5, 5.41) is 3.11. The van der Waals surface area contributed by atoms with Crippen LogP contribution in [0.2, 0.25) is 0 Å². The summed E-state index contributed by atoms with van der Waals surface area (Å²) in [5.41, 5.74) is 1.01. The number of sulfone groups is 1. The lowest BCUT2D eigenvalue weighted by molar-refractivity contribution is 0.485. The number of nitrogens with zero attached hydrogens (tertiary/aromatic N) is 1. The molecule has 1 rings (SSSR count). The molecular formula is C13H23N3O3S. The number of rotatable bonds is 5. The largest absolute Gasteiger partial charge is 0.310 e. The monoisotopic (exact) mass is 301 g/mol. The molecule has 0 radical (unpaired) electrons.